The van der Waals surface area contributed by atoms with Crippen molar-refractivity contribution < 1.29 is 18.6 Å². The summed E-state index contributed by atoms with van der Waals surface area (Å²) < 4.78 is 31.5. The molecule has 1 N–H and O–H groups in total. The van der Waals surface area contributed by atoms with Crippen molar-refractivity contribution >= 4 is 0 Å². The fraction of sp³-hybridized carbons (Fsp3) is 0.200. The van der Waals surface area contributed by atoms with Crippen molar-refractivity contribution in [1.29, 1.82) is 0 Å². The molecular formula is C15H14F2O2. The lowest BCUT2D eigenvalue weighted by molar-refractivity contribution is 0.105. The van der Waals surface area contributed by atoms with E-state index in [2.05, 4.69) is 0 Å². The van der Waals surface area contributed by atoms with Crippen LogP contribution < -0.4 is 4.74 Å². The van der Waals surface area contributed by atoms with Crippen molar-refractivity contribution in [3.05, 3.63) is 65.2 Å². The van der Waals surface area contributed by atoms with Gasteiger partial charge in [0.25, 0.3) is 0 Å². The number of ether oxygens (including phenoxy) is 1. The van der Waals surface area contributed by atoms with Crippen LogP contribution in [0, 0.1) is 18.6 Å². The van der Waals surface area contributed by atoms with E-state index in [9.17, 15) is 13.9 Å². The highest BCUT2D eigenvalue weighted by Gasteiger charge is 2.13. The maximum atomic E-state index is 13.3. The number of rotatable bonds is 4. The maximum Gasteiger partial charge on any atom is 0.165 e. The molecule has 0 bridgehead atoms. The molecule has 0 aliphatic rings. The number of aliphatic hydroxyl groups is 1. The average Bonchev–Trinajstić information content (AvgIpc) is 2.37. The van der Waals surface area contributed by atoms with E-state index in [1.807, 2.05) is 0 Å². The summed E-state index contributed by atoms with van der Waals surface area (Å²) in [5, 5.41) is 9.97. The summed E-state index contributed by atoms with van der Waals surface area (Å²) in [6, 6.07) is 10.1. The minimum Gasteiger partial charge on any atom is -0.487 e. The van der Waals surface area contributed by atoms with E-state index in [0.29, 0.717) is 11.1 Å². The van der Waals surface area contributed by atoms with Gasteiger partial charge in [-0.1, -0.05) is 18.2 Å². The van der Waals surface area contributed by atoms with E-state index < -0.39 is 11.9 Å². The van der Waals surface area contributed by atoms with E-state index >= 15 is 0 Å². The molecule has 0 aromatic heterocycles. The molecule has 0 saturated carbocycles. The normalized spacial score (nSPS) is 12.2. The Bertz CT molecular complexity index is 570. The van der Waals surface area contributed by atoms with Crippen molar-refractivity contribution in [3.8, 4) is 5.75 Å². The fourth-order valence-corrected chi connectivity index (χ4v) is 1.83. The van der Waals surface area contributed by atoms with E-state index in [0.717, 1.165) is 0 Å². The van der Waals surface area contributed by atoms with Crippen molar-refractivity contribution in [2.75, 3.05) is 6.61 Å². The smallest absolute Gasteiger partial charge is 0.165 e. The topological polar surface area (TPSA) is 29.5 Å². The first-order chi connectivity index (χ1) is 9.08. The van der Waals surface area contributed by atoms with E-state index in [1.54, 1.807) is 19.1 Å². The van der Waals surface area contributed by atoms with Crippen molar-refractivity contribution in [2.45, 2.75) is 13.0 Å². The summed E-state index contributed by atoms with van der Waals surface area (Å²) in [5.74, 6) is -0.754. The SMILES string of the molecule is Cc1cc(F)ccc1C(O)COc1ccccc1F. The second-order valence-electron chi connectivity index (χ2n) is 4.26. The predicted octanol–water partition coefficient (Wildman–Crippen LogP) is 3.39. The van der Waals surface area contributed by atoms with Gasteiger partial charge in [-0.15, -0.1) is 0 Å². The average molecular weight is 264 g/mol. The molecule has 2 nitrogen and oxygen atoms in total. The molecule has 1 unspecified atom stereocenters. The van der Waals surface area contributed by atoms with Crippen LogP contribution in [0.15, 0.2) is 42.5 Å². The number of hydrogen-bond donors (Lipinski definition) is 1. The van der Waals surface area contributed by atoms with Crippen molar-refractivity contribution in [3.63, 3.8) is 0 Å². The van der Waals surface area contributed by atoms with Gasteiger partial charge in [-0.2, -0.15) is 0 Å². The lowest BCUT2D eigenvalue weighted by Gasteiger charge is -2.15. The van der Waals surface area contributed by atoms with Crippen molar-refractivity contribution in [2.24, 2.45) is 0 Å². The highest BCUT2D eigenvalue weighted by Crippen LogP contribution is 2.21. The Labute approximate surface area is 110 Å². The molecule has 2 aromatic rings. The molecule has 0 fully saturated rings. The van der Waals surface area contributed by atoms with Gasteiger partial charge in [0.05, 0.1) is 0 Å². The zero-order valence-corrected chi connectivity index (χ0v) is 10.4. The van der Waals surface area contributed by atoms with Gasteiger partial charge in [-0.3, -0.25) is 0 Å². The molecule has 1 atom stereocenters. The van der Waals surface area contributed by atoms with Crippen LogP contribution in [0.4, 0.5) is 8.78 Å². The Morgan fingerprint density at radius 2 is 1.89 bits per heavy atom. The van der Waals surface area contributed by atoms with E-state index in [-0.39, 0.29) is 18.2 Å². The molecule has 0 spiro atoms. The number of hydrogen-bond acceptors (Lipinski definition) is 2. The highest BCUT2D eigenvalue weighted by molar-refractivity contribution is 5.29. The molecule has 0 heterocycles. The second-order valence-corrected chi connectivity index (χ2v) is 4.26. The molecule has 0 aliphatic heterocycles. The summed E-state index contributed by atoms with van der Waals surface area (Å²) in [6.45, 7) is 1.61. The first-order valence-corrected chi connectivity index (χ1v) is 5.89. The maximum absolute atomic E-state index is 13.3. The molecule has 100 valence electrons. The minimum absolute atomic E-state index is 0.0846. The third kappa shape index (κ3) is 3.29. The van der Waals surface area contributed by atoms with Gasteiger partial charge in [-0.05, 0) is 42.3 Å². The minimum atomic E-state index is -0.930. The highest BCUT2D eigenvalue weighted by atomic mass is 19.1. The molecule has 2 aromatic carbocycles. The van der Waals surface area contributed by atoms with Crippen LogP contribution in [0.1, 0.15) is 17.2 Å². The zero-order valence-electron chi connectivity index (χ0n) is 10.4. The number of aliphatic hydroxyl groups excluding tert-OH is 1. The van der Waals surface area contributed by atoms with Gasteiger partial charge in [0.2, 0.25) is 0 Å². The Morgan fingerprint density at radius 1 is 1.16 bits per heavy atom. The molecule has 19 heavy (non-hydrogen) atoms. The van der Waals surface area contributed by atoms with Crippen LogP contribution >= 0.6 is 0 Å². The molecule has 2 rings (SSSR count). The van der Waals surface area contributed by atoms with Crippen molar-refractivity contribution in [1.82, 2.24) is 0 Å². The number of para-hydroxylation sites is 1. The Hall–Kier alpha value is -1.94. The largest absolute Gasteiger partial charge is 0.487 e. The monoisotopic (exact) mass is 264 g/mol. The van der Waals surface area contributed by atoms with E-state index in [4.69, 9.17) is 4.74 Å². The molecule has 0 radical (unpaired) electrons. The molecule has 0 amide bonds. The first kappa shape index (κ1) is 13.5. The Morgan fingerprint density at radius 3 is 2.58 bits per heavy atom. The lowest BCUT2D eigenvalue weighted by atomic mass is 10.0. The molecule has 0 saturated heterocycles. The van der Waals surface area contributed by atoms with Gasteiger partial charge in [0, 0.05) is 0 Å². The summed E-state index contributed by atoms with van der Waals surface area (Å²) in [5.41, 5.74) is 1.20. The Balaban J connectivity index is 2.05. The van der Waals surface area contributed by atoms with Crippen LogP contribution in [0.2, 0.25) is 0 Å². The van der Waals surface area contributed by atoms with E-state index in [1.165, 1.54) is 30.3 Å². The Kier molecular flexibility index (Phi) is 4.12. The van der Waals surface area contributed by atoms with Crippen LogP contribution in [0.25, 0.3) is 0 Å². The molecular weight excluding hydrogens is 250 g/mol. The number of halogens is 2. The fourth-order valence-electron chi connectivity index (χ4n) is 1.83. The quantitative estimate of drug-likeness (QED) is 0.917. The number of benzene rings is 2. The predicted molar refractivity (Wildman–Crippen MR) is 68.0 cm³/mol. The van der Waals surface area contributed by atoms with Gasteiger partial charge >= 0.3 is 0 Å². The van der Waals surface area contributed by atoms with Crippen LogP contribution in [0.3, 0.4) is 0 Å². The summed E-state index contributed by atoms with van der Waals surface area (Å²) in [6.07, 6.45) is -0.930. The first-order valence-electron chi connectivity index (χ1n) is 5.89. The second kappa shape index (κ2) is 5.80. The number of aryl methyl sites for hydroxylation is 1. The lowest BCUT2D eigenvalue weighted by Crippen LogP contribution is -2.11. The summed E-state index contributed by atoms with van der Waals surface area (Å²) in [7, 11) is 0. The third-order valence-corrected chi connectivity index (χ3v) is 2.82. The van der Waals surface area contributed by atoms with Gasteiger partial charge in [0.1, 0.15) is 18.5 Å². The van der Waals surface area contributed by atoms with Crippen LogP contribution in [-0.4, -0.2) is 11.7 Å². The molecule has 0 aliphatic carbocycles. The third-order valence-electron chi connectivity index (χ3n) is 2.82. The summed E-state index contributed by atoms with van der Waals surface area (Å²) >= 11 is 0. The van der Waals surface area contributed by atoms with Gasteiger partial charge < -0.3 is 9.84 Å². The zero-order chi connectivity index (χ0) is 13.8. The van der Waals surface area contributed by atoms with Crippen LogP contribution in [0.5, 0.6) is 5.75 Å². The van der Waals surface area contributed by atoms with Gasteiger partial charge in [-0.25, -0.2) is 8.78 Å². The standard InChI is InChI=1S/C15H14F2O2/c1-10-8-11(16)6-7-12(10)14(18)9-19-15-5-3-2-4-13(15)17/h2-8,14,18H,9H2,1H3. The molecule has 4 heteroatoms. The van der Waals surface area contributed by atoms with Gasteiger partial charge in [0.15, 0.2) is 11.6 Å². The summed E-state index contributed by atoms with van der Waals surface area (Å²) in [4.78, 5) is 0. The van der Waals surface area contributed by atoms with Crippen LogP contribution in [-0.2, 0) is 0 Å².